The third-order valence-corrected chi connectivity index (χ3v) is 3.32. The summed E-state index contributed by atoms with van der Waals surface area (Å²) in [5.41, 5.74) is 1.05. The molecule has 1 fully saturated rings. The maximum atomic E-state index is 10.5. The summed E-state index contributed by atoms with van der Waals surface area (Å²) in [6.45, 7) is 1.01. The molecule has 4 nitrogen and oxygen atoms in total. The first kappa shape index (κ1) is 11.2. The lowest BCUT2D eigenvalue weighted by atomic mass is 10.1. The summed E-state index contributed by atoms with van der Waals surface area (Å²) in [5.74, 6) is 0.0198. The Labute approximate surface area is 95.3 Å². The largest absolute Gasteiger partial charge is 0.481 e. The van der Waals surface area contributed by atoms with Crippen LogP contribution in [0, 0.1) is 5.92 Å². The Kier molecular flexibility index (Phi) is 3.59. The van der Waals surface area contributed by atoms with E-state index in [0.29, 0.717) is 6.42 Å². The van der Waals surface area contributed by atoms with Gasteiger partial charge >= 0.3 is 5.97 Å². The predicted octanol–water partition coefficient (Wildman–Crippen LogP) is 2.09. The number of carboxylic acid groups (broad SMARTS) is 1. The number of rotatable bonds is 5. The van der Waals surface area contributed by atoms with Gasteiger partial charge in [-0.15, -0.1) is 0 Å². The SMILES string of the molecule is O=C(O)CCc1cncn1CC1CCCC1. The molecule has 2 rings (SSSR count). The molecule has 0 aliphatic heterocycles. The van der Waals surface area contributed by atoms with Crippen LogP contribution < -0.4 is 0 Å². The van der Waals surface area contributed by atoms with Crippen LogP contribution in [-0.4, -0.2) is 20.6 Å². The number of aliphatic carboxylic acids is 1. The molecule has 1 aromatic heterocycles. The summed E-state index contributed by atoms with van der Waals surface area (Å²) in [5, 5.41) is 8.66. The van der Waals surface area contributed by atoms with Crippen molar-refractivity contribution < 1.29 is 9.90 Å². The lowest BCUT2D eigenvalue weighted by molar-refractivity contribution is -0.136. The molecule has 1 aliphatic rings. The Balaban J connectivity index is 1.92. The topological polar surface area (TPSA) is 55.1 Å². The number of hydrogen-bond acceptors (Lipinski definition) is 2. The highest BCUT2D eigenvalue weighted by atomic mass is 16.4. The van der Waals surface area contributed by atoms with Crippen LogP contribution >= 0.6 is 0 Å². The number of nitrogens with zero attached hydrogens (tertiary/aromatic N) is 2. The molecule has 0 atom stereocenters. The molecule has 88 valence electrons. The van der Waals surface area contributed by atoms with Crippen molar-refractivity contribution in [2.45, 2.75) is 45.1 Å². The minimum absolute atomic E-state index is 0.191. The smallest absolute Gasteiger partial charge is 0.303 e. The Hall–Kier alpha value is -1.32. The fraction of sp³-hybridized carbons (Fsp3) is 0.667. The molecular formula is C12H18N2O2. The lowest BCUT2D eigenvalue weighted by Crippen LogP contribution is -2.10. The van der Waals surface area contributed by atoms with Gasteiger partial charge in [-0.2, -0.15) is 0 Å². The number of aromatic nitrogens is 2. The Bertz CT molecular complexity index is 354. The van der Waals surface area contributed by atoms with Crippen molar-refractivity contribution >= 4 is 5.97 Å². The van der Waals surface area contributed by atoms with Crippen LogP contribution in [0.15, 0.2) is 12.5 Å². The molecule has 1 aromatic rings. The first-order valence-corrected chi connectivity index (χ1v) is 5.96. The monoisotopic (exact) mass is 222 g/mol. The van der Waals surface area contributed by atoms with E-state index in [4.69, 9.17) is 5.11 Å². The van der Waals surface area contributed by atoms with Crippen molar-refractivity contribution in [3.05, 3.63) is 18.2 Å². The van der Waals surface area contributed by atoms with E-state index < -0.39 is 5.97 Å². The van der Waals surface area contributed by atoms with E-state index in [0.717, 1.165) is 18.2 Å². The third-order valence-electron chi connectivity index (χ3n) is 3.32. The number of carboxylic acids is 1. The highest BCUT2D eigenvalue weighted by Gasteiger charge is 2.16. The van der Waals surface area contributed by atoms with Crippen LogP contribution in [0.1, 0.15) is 37.8 Å². The second kappa shape index (κ2) is 5.14. The molecule has 0 spiro atoms. The second-order valence-corrected chi connectivity index (χ2v) is 4.58. The molecule has 0 radical (unpaired) electrons. The predicted molar refractivity (Wildman–Crippen MR) is 60.1 cm³/mol. The van der Waals surface area contributed by atoms with Crippen molar-refractivity contribution in [2.75, 3.05) is 0 Å². The number of hydrogen-bond donors (Lipinski definition) is 1. The summed E-state index contributed by atoms with van der Waals surface area (Å²) < 4.78 is 2.12. The fourth-order valence-electron chi connectivity index (χ4n) is 2.43. The van der Waals surface area contributed by atoms with Gasteiger partial charge in [0.1, 0.15) is 0 Å². The zero-order valence-electron chi connectivity index (χ0n) is 9.43. The third kappa shape index (κ3) is 2.84. The average Bonchev–Trinajstić information content (AvgIpc) is 2.87. The molecule has 0 aromatic carbocycles. The zero-order chi connectivity index (χ0) is 11.4. The molecular weight excluding hydrogens is 204 g/mol. The van der Waals surface area contributed by atoms with E-state index >= 15 is 0 Å². The number of imidazole rings is 1. The molecule has 1 N–H and O–H groups in total. The highest BCUT2D eigenvalue weighted by Crippen LogP contribution is 2.26. The van der Waals surface area contributed by atoms with Crippen molar-refractivity contribution in [1.82, 2.24) is 9.55 Å². The number of aryl methyl sites for hydroxylation is 1. The van der Waals surface area contributed by atoms with Gasteiger partial charge in [0, 0.05) is 18.4 Å². The maximum Gasteiger partial charge on any atom is 0.303 e. The zero-order valence-corrected chi connectivity index (χ0v) is 9.43. The molecule has 4 heteroatoms. The van der Waals surface area contributed by atoms with Gasteiger partial charge in [0.05, 0.1) is 12.7 Å². The normalized spacial score (nSPS) is 16.8. The minimum Gasteiger partial charge on any atom is -0.481 e. The minimum atomic E-state index is -0.742. The van der Waals surface area contributed by atoms with Crippen molar-refractivity contribution in [2.24, 2.45) is 5.92 Å². The van der Waals surface area contributed by atoms with Crippen LogP contribution in [0.4, 0.5) is 0 Å². The Morgan fingerprint density at radius 1 is 1.50 bits per heavy atom. The standard InChI is InChI=1S/C12H18N2O2/c15-12(16)6-5-11-7-13-9-14(11)8-10-3-1-2-4-10/h7,9-10H,1-6,8H2,(H,15,16). The lowest BCUT2D eigenvalue weighted by Gasteiger charge is -2.12. The summed E-state index contributed by atoms with van der Waals surface area (Å²) in [6.07, 6.45) is 9.67. The Morgan fingerprint density at radius 3 is 2.94 bits per heavy atom. The van der Waals surface area contributed by atoms with Crippen LogP contribution in [0.5, 0.6) is 0 Å². The van der Waals surface area contributed by atoms with Gasteiger partial charge in [0.2, 0.25) is 0 Å². The van der Waals surface area contributed by atoms with E-state index in [1.807, 2.05) is 6.33 Å². The van der Waals surface area contributed by atoms with Gasteiger partial charge in [-0.3, -0.25) is 4.79 Å². The molecule has 1 aliphatic carbocycles. The van der Waals surface area contributed by atoms with E-state index in [1.54, 1.807) is 6.20 Å². The molecule has 1 heterocycles. The van der Waals surface area contributed by atoms with Gasteiger partial charge in [0.15, 0.2) is 0 Å². The summed E-state index contributed by atoms with van der Waals surface area (Å²) >= 11 is 0. The van der Waals surface area contributed by atoms with Gasteiger partial charge < -0.3 is 9.67 Å². The summed E-state index contributed by atoms with van der Waals surface area (Å²) in [6, 6.07) is 0. The first-order valence-electron chi connectivity index (χ1n) is 5.96. The molecule has 0 bridgehead atoms. The highest BCUT2D eigenvalue weighted by molar-refractivity contribution is 5.66. The number of carbonyl (C=O) groups is 1. The van der Waals surface area contributed by atoms with Crippen molar-refractivity contribution in [3.8, 4) is 0 Å². The average molecular weight is 222 g/mol. The van der Waals surface area contributed by atoms with Crippen LogP contribution in [0.25, 0.3) is 0 Å². The fourth-order valence-corrected chi connectivity index (χ4v) is 2.43. The maximum absolute atomic E-state index is 10.5. The van der Waals surface area contributed by atoms with E-state index in [1.165, 1.54) is 25.7 Å². The van der Waals surface area contributed by atoms with Crippen LogP contribution in [0.2, 0.25) is 0 Å². The van der Waals surface area contributed by atoms with Gasteiger partial charge in [0.25, 0.3) is 0 Å². The first-order chi connectivity index (χ1) is 7.75. The van der Waals surface area contributed by atoms with Gasteiger partial charge in [-0.1, -0.05) is 12.8 Å². The second-order valence-electron chi connectivity index (χ2n) is 4.58. The van der Waals surface area contributed by atoms with Gasteiger partial charge in [-0.05, 0) is 25.2 Å². The van der Waals surface area contributed by atoms with Crippen LogP contribution in [0.3, 0.4) is 0 Å². The van der Waals surface area contributed by atoms with Crippen LogP contribution in [-0.2, 0) is 17.8 Å². The summed E-state index contributed by atoms with van der Waals surface area (Å²) in [4.78, 5) is 14.6. The van der Waals surface area contributed by atoms with Crippen molar-refractivity contribution in [3.63, 3.8) is 0 Å². The van der Waals surface area contributed by atoms with Gasteiger partial charge in [-0.25, -0.2) is 4.98 Å². The summed E-state index contributed by atoms with van der Waals surface area (Å²) in [7, 11) is 0. The van der Waals surface area contributed by atoms with E-state index in [-0.39, 0.29) is 6.42 Å². The molecule has 0 saturated heterocycles. The van der Waals surface area contributed by atoms with E-state index in [2.05, 4.69) is 9.55 Å². The molecule has 1 saturated carbocycles. The van der Waals surface area contributed by atoms with Crippen molar-refractivity contribution in [1.29, 1.82) is 0 Å². The molecule has 0 amide bonds. The quantitative estimate of drug-likeness (QED) is 0.830. The van der Waals surface area contributed by atoms with E-state index in [9.17, 15) is 4.79 Å². The molecule has 0 unspecified atom stereocenters. The Morgan fingerprint density at radius 2 is 2.25 bits per heavy atom. The molecule has 16 heavy (non-hydrogen) atoms.